The van der Waals surface area contributed by atoms with Gasteiger partial charge in [-0.25, -0.2) is 0 Å². The molecule has 0 saturated carbocycles. The van der Waals surface area contributed by atoms with Gasteiger partial charge in [0.2, 0.25) is 0 Å². The first kappa shape index (κ1) is 14.9. The lowest BCUT2D eigenvalue weighted by molar-refractivity contribution is 0.0171. The number of methoxy groups -OCH3 is 1. The number of ether oxygens (including phenoxy) is 1. The summed E-state index contributed by atoms with van der Waals surface area (Å²) in [4.78, 5) is 0. The molecule has 15 heavy (non-hydrogen) atoms. The van der Waals surface area contributed by atoms with Gasteiger partial charge in [0, 0.05) is 13.7 Å². The van der Waals surface area contributed by atoms with Gasteiger partial charge in [0.15, 0.2) is 0 Å². The van der Waals surface area contributed by atoms with Crippen molar-refractivity contribution >= 4 is 0 Å². The maximum absolute atomic E-state index is 5.49. The molecule has 0 saturated heterocycles. The number of hydrogen-bond acceptors (Lipinski definition) is 2. The van der Waals surface area contributed by atoms with Gasteiger partial charge >= 0.3 is 0 Å². The SMILES string of the molecule is CCCC(C)CNCC(OC)C(C)(C)C. The van der Waals surface area contributed by atoms with Gasteiger partial charge in [-0.05, 0) is 24.3 Å². The fraction of sp³-hybridized carbons (Fsp3) is 1.00. The molecule has 2 nitrogen and oxygen atoms in total. The zero-order valence-corrected chi connectivity index (χ0v) is 11.4. The van der Waals surface area contributed by atoms with Crippen LogP contribution in [0.4, 0.5) is 0 Å². The molecule has 2 unspecified atom stereocenters. The Morgan fingerprint density at radius 2 is 1.80 bits per heavy atom. The number of rotatable bonds is 7. The van der Waals surface area contributed by atoms with E-state index in [1.807, 2.05) is 0 Å². The van der Waals surface area contributed by atoms with E-state index in [0.717, 1.165) is 19.0 Å². The Bertz CT molecular complexity index is 151. The third-order valence-electron chi connectivity index (χ3n) is 2.85. The lowest BCUT2D eigenvalue weighted by Gasteiger charge is -2.30. The first-order valence-corrected chi connectivity index (χ1v) is 6.15. The van der Waals surface area contributed by atoms with E-state index in [9.17, 15) is 0 Å². The van der Waals surface area contributed by atoms with Crippen LogP contribution in [0.15, 0.2) is 0 Å². The van der Waals surface area contributed by atoms with Crippen molar-refractivity contribution in [3.63, 3.8) is 0 Å². The molecule has 0 aromatic heterocycles. The highest BCUT2D eigenvalue weighted by Gasteiger charge is 2.23. The van der Waals surface area contributed by atoms with Crippen molar-refractivity contribution in [1.29, 1.82) is 0 Å². The summed E-state index contributed by atoms with van der Waals surface area (Å²) in [5, 5.41) is 3.50. The molecule has 2 heteroatoms. The summed E-state index contributed by atoms with van der Waals surface area (Å²) in [6, 6.07) is 0. The zero-order valence-electron chi connectivity index (χ0n) is 11.4. The molecule has 92 valence electrons. The Balaban J connectivity index is 3.73. The molecular formula is C13H29NO. The minimum absolute atomic E-state index is 0.218. The summed E-state index contributed by atoms with van der Waals surface area (Å²) in [7, 11) is 1.80. The summed E-state index contributed by atoms with van der Waals surface area (Å²) in [6.45, 7) is 13.3. The molecule has 0 amide bonds. The van der Waals surface area contributed by atoms with Crippen LogP contribution in [0, 0.1) is 11.3 Å². The Morgan fingerprint density at radius 3 is 2.20 bits per heavy atom. The molecule has 0 rings (SSSR count). The lowest BCUT2D eigenvalue weighted by Crippen LogP contribution is -2.39. The van der Waals surface area contributed by atoms with Crippen molar-refractivity contribution in [2.24, 2.45) is 11.3 Å². The average molecular weight is 215 g/mol. The van der Waals surface area contributed by atoms with Crippen LogP contribution in [0.5, 0.6) is 0 Å². The molecule has 0 heterocycles. The maximum Gasteiger partial charge on any atom is 0.0743 e. The molecule has 0 aliphatic carbocycles. The van der Waals surface area contributed by atoms with Crippen LogP contribution in [-0.4, -0.2) is 26.3 Å². The van der Waals surface area contributed by atoms with Gasteiger partial charge in [0.05, 0.1) is 6.10 Å². The normalized spacial score (nSPS) is 16.4. The van der Waals surface area contributed by atoms with Crippen molar-refractivity contribution in [1.82, 2.24) is 5.32 Å². The first-order chi connectivity index (χ1) is 6.91. The largest absolute Gasteiger partial charge is 0.380 e. The summed E-state index contributed by atoms with van der Waals surface area (Å²) < 4.78 is 5.49. The van der Waals surface area contributed by atoms with Crippen molar-refractivity contribution in [3.05, 3.63) is 0 Å². The Morgan fingerprint density at radius 1 is 1.20 bits per heavy atom. The van der Waals surface area contributed by atoms with Crippen LogP contribution in [0.2, 0.25) is 0 Å². The minimum atomic E-state index is 0.218. The van der Waals surface area contributed by atoms with Crippen molar-refractivity contribution in [3.8, 4) is 0 Å². The van der Waals surface area contributed by atoms with Gasteiger partial charge in [0.25, 0.3) is 0 Å². The molecule has 0 fully saturated rings. The molecule has 0 aliphatic heterocycles. The first-order valence-electron chi connectivity index (χ1n) is 6.15. The number of hydrogen-bond donors (Lipinski definition) is 1. The quantitative estimate of drug-likeness (QED) is 0.704. The summed E-state index contributed by atoms with van der Waals surface area (Å²) in [5.41, 5.74) is 0.218. The number of nitrogens with one attached hydrogen (secondary N) is 1. The van der Waals surface area contributed by atoms with Gasteiger partial charge in [-0.15, -0.1) is 0 Å². The molecule has 0 radical (unpaired) electrons. The van der Waals surface area contributed by atoms with Crippen molar-refractivity contribution in [2.45, 2.75) is 53.6 Å². The minimum Gasteiger partial charge on any atom is -0.380 e. The van der Waals surface area contributed by atoms with Gasteiger partial charge < -0.3 is 10.1 Å². The molecule has 2 atom stereocenters. The van der Waals surface area contributed by atoms with Crippen LogP contribution >= 0.6 is 0 Å². The predicted octanol–water partition coefficient (Wildman–Crippen LogP) is 3.07. The van der Waals surface area contributed by atoms with Gasteiger partial charge in [-0.2, -0.15) is 0 Å². The second-order valence-electron chi connectivity index (χ2n) is 5.64. The van der Waals surface area contributed by atoms with Gasteiger partial charge in [-0.1, -0.05) is 41.0 Å². The predicted molar refractivity (Wildman–Crippen MR) is 67.2 cm³/mol. The lowest BCUT2D eigenvalue weighted by atomic mass is 9.89. The molecule has 0 bridgehead atoms. The van der Waals surface area contributed by atoms with E-state index in [2.05, 4.69) is 39.9 Å². The van der Waals surface area contributed by atoms with Crippen LogP contribution in [0.3, 0.4) is 0 Å². The third kappa shape index (κ3) is 6.91. The monoisotopic (exact) mass is 215 g/mol. The fourth-order valence-electron chi connectivity index (χ4n) is 1.80. The van der Waals surface area contributed by atoms with Crippen molar-refractivity contribution < 1.29 is 4.74 Å². The maximum atomic E-state index is 5.49. The third-order valence-corrected chi connectivity index (χ3v) is 2.85. The van der Waals surface area contributed by atoms with Gasteiger partial charge in [0.1, 0.15) is 0 Å². The highest BCUT2D eigenvalue weighted by Crippen LogP contribution is 2.21. The van der Waals surface area contributed by atoms with E-state index in [-0.39, 0.29) is 5.41 Å². The van der Waals surface area contributed by atoms with Crippen molar-refractivity contribution in [2.75, 3.05) is 20.2 Å². The van der Waals surface area contributed by atoms with Crippen LogP contribution in [0.1, 0.15) is 47.5 Å². The molecule has 0 spiro atoms. The Labute approximate surface area is 95.8 Å². The molecular weight excluding hydrogens is 186 g/mol. The second kappa shape index (κ2) is 7.24. The Kier molecular flexibility index (Phi) is 7.20. The van der Waals surface area contributed by atoms with E-state index in [1.165, 1.54) is 12.8 Å². The van der Waals surface area contributed by atoms with Gasteiger partial charge in [-0.3, -0.25) is 0 Å². The van der Waals surface area contributed by atoms with E-state index in [4.69, 9.17) is 4.74 Å². The van der Waals surface area contributed by atoms with Crippen LogP contribution in [0.25, 0.3) is 0 Å². The smallest absolute Gasteiger partial charge is 0.0743 e. The zero-order chi connectivity index (χ0) is 11.9. The summed E-state index contributed by atoms with van der Waals surface area (Å²) >= 11 is 0. The Hall–Kier alpha value is -0.0800. The highest BCUT2D eigenvalue weighted by molar-refractivity contribution is 4.76. The topological polar surface area (TPSA) is 21.3 Å². The molecule has 0 aliphatic rings. The second-order valence-corrected chi connectivity index (χ2v) is 5.64. The molecule has 1 N–H and O–H groups in total. The van der Waals surface area contributed by atoms with Crippen LogP contribution < -0.4 is 5.32 Å². The van der Waals surface area contributed by atoms with E-state index in [0.29, 0.717) is 6.10 Å². The molecule has 0 aromatic rings. The standard InChI is InChI=1S/C13H29NO/c1-7-8-11(2)9-14-10-12(15-6)13(3,4)5/h11-12,14H,7-10H2,1-6H3. The highest BCUT2D eigenvalue weighted by atomic mass is 16.5. The fourth-order valence-corrected chi connectivity index (χ4v) is 1.80. The van der Waals surface area contributed by atoms with E-state index < -0.39 is 0 Å². The average Bonchev–Trinajstić information content (AvgIpc) is 2.10. The molecule has 0 aromatic carbocycles. The summed E-state index contributed by atoms with van der Waals surface area (Å²) in [6.07, 6.45) is 2.88. The van der Waals surface area contributed by atoms with E-state index in [1.54, 1.807) is 7.11 Å². The van der Waals surface area contributed by atoms with Crippen LogP contribution in [-0.2, 0) is 4.74 Å². The summed E-state index contributed by atoms with van der Waals surface area (Å²) in [5.74, 6) is 0.771. The van der Waals surface area contributed by atoms with E-state index >= 15 is 0 Å².